The van der Waals surface area contributed by atoms with Crippen molar-refractivity contribution in [3.63, 3.8) is 0 Å². The van der Waals surface area contributed by atoms with Crippen molar-refractivity contribution in [1.82, 2.24) is 29.8 Å². The van der Waals surface area contributed by atoms with Crippen LogP contribution < -0.4 is 11.3 Å². The summed E-state index contributed by atoms with van der Waals surface area (Å²) in [6, 6.07) is 18.7. The second-order valence-corrected chi connectivity index (χ2v) is 11.0. The van der Waals surface area contributed by atoms with Crippen LogP contribution in [-0.4, -0.2) is 29.8 Å². The van der Waals surface area contributed by atoms with Gasteiger partial charge >= 0.3 is 5.76 Å². The predicted octanol–water partition coefficient (Wildman–Crippen LogP) is 5.80. The SMILES string of the molecule is CCCCc1nc(C)c(Cc2nc(Cc3ccc(F)cc3F)no2)c(=O)n1Cc1ccc(-c2ccccc2-c2noc(=O)[nH]2)cc1. The van der Waals surface area contributed by atoms with Gasteiger partial charge in [0.05, 0.1) is 13.0 Å². The first-order chi connectivity index (χ1) is 22.3. The second kappa shape index (κ2) is 13.2. The Morgan fingerprint density at radius 1 is 0.891 bits per heavy atom. The van der Waals surface area contributed by atoms with Gasteiger partial charge in [0.15, 0.2) is 11.6 Å². The zero-order chi connectivity index (χ0) is 32.2. The molecular weight excluding hydrogens is 594 g/mol. The largest absolute Gasteiger partial charge is 0.439 e. The van der Waals surface area contributed by atoms with Crippen LogP contribution in [0.5, 0.6) is 0 Å². The van der Waals surface area contributed by atoms with Crippen molar-refractivity contribution in [3.8, 4) is 22.5 Å². The molecule has 3 heterocycles. The fourth-order valence-electron chi connectivity index (χ4n) is 5.33. The Hall–Kier alpha value is -5.52. The van der Waals surface area contributed by atoms with E-state index in [4.69, 9.17) is 14.0 Å². The zero-order valence-corrected chi connectivity index (χ0v) is 25.2. The molecule has 3 aromatic carbocycles. The Balaban J connectivity index is 1.27. The first-order valence-electron chi connectivity index (χ1n) is 14.9. The summed E-state index contributed by atoms with van der Waals surface area (Å²) in [5, 5.41) is 7.77. The minimum Gasteiger partial charge on any atom is -0.339 e. The van der Waals surface area contributed by atoms with Gasteiger partial charge in [-0.2, -0.15) is 4.98 Å². The van der Waals surface area contributed by atoms with Crippen LogP contribution in [0.15, 0.2) is 85.4 Å². The highest BCUT2D eigenvalue weighted by atomic mass is 19.1. The van der Waals surface area contributed by atoms with Gasteiger partial charge in [-0.1, -0.05) is 78.3 Å². The van der Waals surface area contributed by atoms with Gasteiger partial charge in [-0.15, -0.1) is 0 Å². The average Bonchev–Trinajstić information content (AvgIpc) is 3.70. The molecule has 1 N–H and O–H groups in total. The summed E-state index contributed by atoms with van der Waals surface area (Å²) >= 11 is 0. The molecule has 234 valence electrons. The van der Waals surface area contributed by atoms with E-state index in [1.54, 1.807) is 11.5 Å². The van der Waals surface area contributed by atoms with Crippen LogP contribution in [0.4, 0.5) is 8.78 Å². The number of rotatable bonds is 11. The lowest BCUT2D eigenvalue weighted by atomic mass is 9.98. The Kier molecular flexibility index (Phi) is 8.77. The lowest BCUT2D eigenvalue weighted by Gasteiger charge is -2.16. The van der Waals surface area contributed by atoms with Crippen LogP contribution in [0.2, 0.25) is 0 Å². The van der Waals surface area contributed by atoms with Crippen LogP contribution in [-0.2, 0) is 25.8 Å². The number of nitrogens with zero attached hydrogens (tertiary/aromatic N) is 5. The highest BCUT2D eigenvalue weighted by Crippen LogP contribution is 2.30. The molecule has 0 fully saturated rings. The normalized spacial score (nSPS) is 11.3. The van der Waals surface area contributed by atoms with Crippen molar-refractivity contribution in [2.75, 3.05) is 0 Å². The van der Waals surface area contributed by atoms with E-state index in [1.807, 2.05) is 48.5 Å². The van der Waals surface area contributed by atoms with Gasteiger partial charge in [-0.3, -0.25) is 18.9 Å². The van der Waals surface area contributed by atoms with Gasteiger partial charge < -0.3 is 4.52 Å². The summed E-state index contributed by atoms with van der Waals surface area (Å²) in [7, 11) is 0. The molecule has 0 bridgehead atoms. The van der Waals surface area contributed by atoms with E-state index in [2.05, 4.69) is 27.2 Å². The molecule has 0 atom stereocenters. The molecule has 0 spiro atoms. The minimum atomic E-state index is -0.694. The Labute approximate surface area is 261 Å². The van der Waals surface area contributed by atoms with E-state index in [-0.39, 0.29) is 35.7 Å². The molecule has 46 heavy (non-hydrogen) atoms. The van der Waals surface area contributed by atoms with Crippen LogP contribution >= 0.6 is 0 Å². The van der Waals surface area contributed by atoms with Crippen molar-refractivity contribution < 1.29 is 17.8 Å². The van der Waals surface area contributed by atoms with Crippen LogP contribution in [0.3, 0.4) is 0 Å². The topological polar surface area (TPSA) is 133 Å². The summed E-state index contributed by atoms with van der Waals surface area (Å²) in [6.07, 6.45) is 2.54. The number of benzene rings is 3. The Morgan fingerprint density at radius 3 is 2.39 bits per heavy atom. The van der Waals surface area contributed by atoms with Gasteiger partial charge in [0.2, 0.25) is 5.89 Å². The van der Waals surface area contributed by atoms with E-state index < -0.39 is 17.4 Å². The molecule has 0 aliphatic heterocycles. The molecule has 0 aliphatic rings. The van der Waals surface area contributed by atoms with Crippen molar-refractivity contribution in [3.05, 3.63) is 139 Å². The van der Waals surface area contributed by atoms with E-state index >= 15 is 0 Å². The van der Waals surface area contributed by atoms with Crippen molar-refractivity contribution >= 4 is 0 Å². The number of aromatic amines is 1. The maximum Gasteiger partial charge on any atom is 0.439 e. The molecule has 10 nitrogen and oxygen atoms in total. The third-order valence-electron chi connectivity index (χ3n) is 7.73. The molecular formula is C34H30F2N6O4. The quantitative estimate of drug-likeness (QED) is 0.191. The van der Waals surface area contributed by atoms with Crippen LogP contribution in [0, 0.1) is 18.6 Å². The molecule has 0 aliphatic carbocycles. The summed E-state index contributed by atoms with van der Waals surface area (Å²) in [5.41, 5.74) is 4.42. The van der Waals surface area contributed by atoms with Gasteiger partial charge in [0.25, 0.3) is 5.56 Å². The lowest BCUT2D eigenvalue weighted by molar-refractivity contribution is 0.379. The molecule has 0 saturated heterocycles. The number of aryl methyl sites for hydroxylation is 2. The van der Waals surface area contributed by atoms with E-state index in [9.17, 15) is 18.4 Å². The molecule has 6 rings (SSSR count). The maximum absolute atomic E-state index is 14.1. The van der Waals surface area contributed by atoms with Gasteiger partial charge in [0.1, 0.15) is 17.5 Å². The van der Waals surface area contributed by atoms with E-state index in [0.29, 0.717) is 35.9 Å². The molecule has 3 aromatic heterocycles. The number of nitrogens with one attached hydrogen (secondary N) is 1. The number of hydrogen-bond donors (Lipinski definition) is 1. The lowest BCUT2D eigenvalue weighted by Crippen LogP contribution is -2.30. The molecule has 12 heteroatoms. The first-order valence-corrected chi connectivity index (χ1v) is 14.9. The molecule has 0 unspecified atom stereocenters. The monoisotopic (exact) mass is 624 g/mol. The Morgan fingerprint density at radius 2 is 1.67 bits per heavy atom. The van der Waals surface area contributed by atoms with Gasteiger partial charge in [-0.25, -0.2) is 18.6 Å². The highest BCUT2D eigenvalue weighted by Gasteiger charge is 2.19. The fraction of sp³-hybridized carbons (Fsp3) is 0.235. The van der Waals surface area contributed by atoms with Gasteiger partial charge in [0, 0.05) is 35.7 Å². The number of halogens is 2. The molecule has 0 saturated carbocycles. The third-order valence-corrected chi connectivity index (χ3v) is 7.73. The smallest absolute Gasteiger partial charge is 0.339 e. The number of aromatic nitrogens is 6. The Bertz CT molecular complexity index is 2110. The molecule has 0 amide bonds. The van der Waals surface area contributed by atoms with Crippen LogP contribution in [0.1, 0.15) is 59.7 Å². The summed E-state index contributed by atoms with van der Waals surface area (Å²) in [5.74, 6) is -0.538. The van der Waals surface area contributed by atoms with Gasteiger partial charge in [-0.05, 0) is 41.7 Å². The van der Waals surface area contributed by atoms with Crippen LogP contribution in [0.25, 0.3) is 22.5 Å². The molecule has 0 radical (unpaired) electrons. The zero-order valence-electron chi connectivity index (χ0n) is 25.2. The summed E-state index contributed by atoms with van der Waals surface area (Å²) in [6.45, 7) is 4.17. The third kappa shape index (κ3) is 6.60. The standard InChI is InChI=1S/C34H30F2N6O4/c1-3-4-9-30-37-20(2)27(18-31-38-29(40-45-31)16-23-14-15-24(35)17-28(23)36)33(43)42(30)19-21-10-12-22(13-11-21)25-7-5-6-8-26(25)32-39-34(44)46-41-32/h5-8,10-15,17H,3-4,9,16,18-19H2,1-2H3,(H,39,41,44). The molecule has 6 aromatic rings. The van der Waals surface area contributed by atoms with E-state index in [0.717, 1.165) is 41.2 Å². The summed E-state index contributed by atoms with van der Waals surface area (Å²) < 4.78 is 39.2. The van der Waals surface area contributed by atoms with E-state index in [1.165, 1.54) is 12.1 Å². The number of H-pyrrole nitrogens is 1. The van der Waals surface area contributed by atoms with Crippen molar-refractivity contribution in [2.24, 2.45) is 0 Å². The highest BCUT2D eigenvalue weighted by molar-refractivity contribution is 5.80. The predicted molar refractivity (Wildman–Crippen MR) is 165 cm³/mol. The van der Waals surface area contributed by atoms with Crippen molar-refractivity contribution in [2.45, 2.75) is 52.5 Å². The average molecular weight is 625 g/mol. The first kappa shape index (κ1) is 30.5. The maximum atomic E-state index is 14.1. The fourth-order valence-corrected chi connectivity index (χ4v) is 5.33. The number of hydrogen-bond acceptors (Lipinski definition) is 8. The summed E-state index contributed by atoms with van der Waals surface area (Å²) in [4.78, 5) is 37.3. The van der Waals surface area contributed by atoms with Crippen molar-refractivity contribution in [1.29, 1.82) is 0 Å². The second-order valence-electron chi connectivity index (χ2n) is 11.0. The number of unbranched alkanes of at least 4 members (excludes halogenated alkanes) is 1. The minimum absolute atomic E-state index is 0.0179.